The molecule has 0 spiro atoms. The first-order chi connectivity index (χ1) is 30.0. The van der Waals surface area contributed by atoms with E-state index in [2.05, 4.69) is 129 Å². The SMILES string of the molecule is CCOc1ccc2c(c1)C(=O)OC2(C=C(c1ccc(N2CCCC2)cc1)c1ccc(N2CCCC2)cc1)C=C(c1ccc(N2CCCC2)cc1)c1ccc(N2CCCC2)cc1. The molecular formula is C54H58N4O3. The van der Waals surface area contributed by atoms with Crippen LogP contribution in [0.3, 0.4) is 0 Å². The molecule has 10 rings (SSSR count). The number of esters is 1. The summed E-state index contributed by atoms with van der Waals surface area (Å²) in [6, 6.07) is 41.9. The first-order valence-corrected chi connectivity index (χ1v) is 22.9. The summed E-state index contributed by atoms with van der Waals surface area (Å²) in [5.74, 6) is 0.303. The summed E-state index contributed by atoms with van der Waals surface area (Å²) in [5.41, 5.74) is 11.4. The van der Waals surface area contributed by atoms with Gasteiger partial charge < -0.3 is 29.1 Å². The van der Waals surface area contributed by atoms with E-state index >= 15 is 0 Å². The average molecular weight is 811 g/mol. The largest absolute Gasteiger partial charge is 0.494 e. The minimum atomic E-state index is -1.25. The fourth-order valence-electron chi connectivity index (χ4n) is 10.2. The number of fused-ring (bicyclic) bond motifs is 1. The summed E-state index contributed by atoms with van der Waals surface area (Å²) in [6.45, 7) is 11.2. The number of nitrogens with zero attached hydrogens (tertiary/aromatic N) is 4. The molecule has 5 aliphatic rings. The molecule has 0 aromatic heterocycles. The Kier molecular flexibility index (Phi) is 11.1. The monoisotopic (exact) mass is 810 g/mol. The number of carbonyl (C=O) groups excluding carboxylic acids is 1. The maximum atomic E-state index is 14.4. The Balaban J connectivity index is 1.17. The van der Waals surface area contributed by atoms with E-state index in [9.17, 15) is 4.79 Å². The highest BCUT2D eigenvalue weighted by Crippen LogP contribution is 2.46. The van der Waals surface area contributed by atoms with Crippen LogP contribution in [0.4, 0.5) is 22.7 Å². The van der Waals surface area contributed by atoms with Gasteiger partial charge >= 0.3 is 5.97 Å². The minimum Gasteiger partial charge on any atom is -0.494 e. The molecule has 0 amide bonds. The van der Waals surface area contributed by atoms with Crippen molar-refractivity contribution in [1.82, 2.24) is 0 Å². The third-order valence-electron chi connectivity index (χ3n) is 13.5. The van der Waals surface area contributed by atoms with Crippen molar-refractivity contribution in [2.45, 2.75) is 63.9 Å². The number of anilines is 4. The number of benzene rings is 5. The lowest BCUT2D eigenvalue weighted by molar-refractivity contribution is 0.0299. The Morgan fingerprint density at radius 1 is 0.508 bits per heavy atom. The van der Waals surface area contributed by atoms with Crippen LogP contribution in [-0.4, -0.2) is 64.9 Å². The van der Waals surface area contributed by atoms with E-state index in [0.717, 1.165) is 91.3 Å². The van der Waals surface area contributed by atoms with Crippen LogP contribution in [0.25, 0.3) is 11.1 Å². The zero-order valence-electron chi connectivity index (χ0n) is 35.7. The van der Waals surface area contributed by atoms with Gasteiger partial charge in [-0.25, -0.2) is 4.79 Å². The van der Waals surface area contributed by atoms with Gasteiger partial charge in [-0.05, 0) is 171 Å². The maximum Gasteiger partial charge on any atom is 0.340 e. The maximum absolute atomic E-state index is 14.4. The van der Waals surface area contributed by atoms with Gasteiger partial charge in [-0.2, -0.15) is 0 Å². The Morgan fingerprint density at radius 2 is 0.836 bits per heavy atom. The van der Waals surface area contributed by atoms with Crippen molar-refractivity contribution >= 4 is 39.9 Å². The van der Waals surface area contributed by atoms with Crippen LogP contribution >= 0.6 is 0 Å². The molecule has 5 heterocycles. The molecule has 0 N–H and O–H groups in total. The number of hydrogen-bond donors (Lipinski definition) is 0. The Labute approximate surface area is 361 Å². The molecule has 312 valence electrons. The van der Waals surface area contributed by atoms with E-state index in [1.165, 1.54) is 74.1 Å². The summed E-state index contributed by atoms with van der Waals surface area (Å²) in [5, 5.41) is 0. The Morgan fingerprint density at radius 3 is 1.15 bits per heavy atom. The van der Waals surface area contributed by atoms with Crippen LogP contribution in [0.2, 0.25) is 0 Å². The quantitative estimate of drug-likeness (QED) is 0.116. The molecule has 61 heavy (non-hydrogen) atoms. The highest BCUT2D eigenvalue weighted by molar-refractivity contribution is 5.98. The molecule has 0 aliphatic carbocycles. The average Bonchev–Trinajstić information content (AvgIpc) is 4.17. The van der Waals surface area contributed by atoms with Gasteiger partial charge in [0, 0.05) is 80.7 Å². The van der Waals surface area contributed by atoms with Crippen molar-refractivity contribution in [2.24, 2.45) is 0 Å². The van der Waals surface area contributed by atoms with Crippen LogP contribution < -0.4 is 24.3 Å². The first-order valence-electron chi connectivity index (χ1n) is 22.9. The predicted octanol–water partition coefficient (Wildman–Crippen LogP) is 11.1. The second kappa shape index (κ2) is 17.2. The summed E-state index contributed by atoms with van der Waals surface area (Å²) in [7, 11) is 0. The van der Waals surface area contributed by atoms with Gasteiger partial charge in [-0.1, -0.05) is 48.5 Å². The summed E-state index contributed by atoms with van der Waals surface area (Å²) < 4.78 is 12.8. The molecule has 7 nitrogen and oxygen atoms in total. The number of carbonyl (C=O) groups is 1. The molecule has 4 fully saturated rings. The van der Waals surface area contributed by atoms with Crippen molar-refractivity contribution in [2.75, 3.05) is 78.6 Å². The zero-order valence-corrected chi connectivity index (χ0v) is 35.7. The summed E-state index contributed by atoms with van der Waals surface area (Å²) >= 11 is 0. The van der Waals surface area contributed by atoms with Crippen LogP contribution in [0.5, 0.6) is 5.75 Å². The van der Waals surface area contributed by atoms with Crippen molar-refractivity contribution in [3.63, 3.8) is 0 Å². The molecule has 5 aliphatic heterocycles. The summed E-state index contributed by atoms with van der Waals surface area (Å²) in [6.07, 6.45) is 14.2. The third kappa shape index (κ3) is 8.03. The van der Waals surface area contributed by atoms with E-state index in [1.54, 1.807) is 0 Å². The van der Waals surface area contributed by atoms with Gasteiger partial charge in [0.05, 0.1) is 12.2 Å². The van der Waals surface area contributed by atoms with Gasteiger partial charge in [0.25, 0.3) is 0 Å². The van der Waals surface area contributed by atoms with E-state index in [-0.39, 0.29) is 5.97 Å². The zero-order chi connectivity index (χ0) is 41.2. The van der Waals surface area contributed by atoms with Gasteiger partial charge in [0.15, 0.2) is 5.60 Å². The molecule has 4 saturated heterocycles. The van der Waals surface area contributed by atoms with Crippen LogP contribution in [0.1, 0.15) is 96.5 Å². The number of cyclic esters (lactones) is 1. The summed E-state index contributed by atoms with van der Waals surface area (Å²) in [4.78, 5) is 24.3. The van der Waals surface area contributed by atoms with E-state index in [1.807, 2.05) is 25.1 Å². The highest BCUT2D eigenvalue weighted by atomic mass is 16.6. The Hall–Kier alpha value is -5.95. The van der Waals surface area contributed by atoms with Crippen molar-refractivity contribution < 1.29 is 14.3 Å². The fourth-order valence-corrected chi connectivity index (χ4v) is 10.2. The molecule has 0 bridgehead atoms. The van der Waals surface area contributed by atoms with Gasteiger partial charge in [-0.3, -0.25) is 0 Å². The first kappa shape index (κ1) is 39.2. The lowest BCUT2D eigenvalue weighted by Gasteiger charge is -2.27. The van der Waals surface area contributed by atoms with Crippen LogP contribution in [0, 0.1) is 0 Å². The van der Waals surface area contributed by atoms with E-state index < -0.39 is 5.60 Å². The predicted molar refractivity (Wildman–Crippen MR) is 250 cm³/mol. The fraction of sp³-hybridized carbons (Fsp3) is 0.352. The van der Waals surface area contributed by atoms with Crippen molar-refractivity contribution in [1.29, 1.82) is 0 Å². The molecule has 5 aromatic carbocycles. The normalized spacial score (nSPS) is 18.1. The second-order valence-electron chi connectivity index (χ2n) is 17.4. The molecule has 0 atom stereocenters. The molecular weight excluding hydrogens is 753 g/mol. The van der Waals surface area contributed by atoms with E-state index in [4.69, 9.17) is 9.47 Å². The number of rotatable bonds is 12. The molecule has 0 radical (unpaired) electrons. The van der Waals surface area contributed by atoms with Gasteiger partial charge in [-0.15, -0.1) is 0 Å². The number of ether oxygens (including phenoxy) is 2. The lowest BCUT2D eigenvalue weighted by atomic mass is 9.83. The minimum absolute atomic E-state index is 0.356. The molecule has 0 saturated carbocycles. The topological polar surface area (TPSA) is 48.5 Å². The van der Waals surface area contributed by atoms with Crippen molar-refractivity contribution in [3.05, 3.63) is 161 Å². The highest BCUT2D eigenvalue weighted by Gasteiger charge is 2.44. The molecule has 0 unspecified atom stereocenters. The Bertz CT molecular complexity index is 2120. The molecule has 5 aromatic rings. The van der Waals surface area contributed by atoms with Crippen LogP contribution in [-0.2, 0) is 10.3 Å². The third-order valence-corrected chi connectivity index (χ3v) is 13.5. The number of hydrogen-bond acceptors (Lipinski definition) is 7. The molecule has 7 heteroatoms. The smallest absolute Gasteiger partial charge is 0.340 e. The standard InChI is InChI=1S/C54H58N4O3/c1-2-60-48-27-28-52-49(37-48)53(59)61-54(52,38-50(40-11-19-44(20-12-40)55-29-3-4-30-55)41-13-21-45(22-14-41)56-31-5-6-32-56)39-51(42-15-23-46(24-16-42)57-33-7-8-34-57)43-17-25-47(26-18-43)58-35-9-10-36-58/h11-28,37-39H,2-10,29-36H2,1H3. The second-order valence-corrected chi connectivity index (χ2v) is 17.4. The van der Waals surface area contributed by atoms with Gasteiger partial charge in [0.1, 0.15) is 5.75 Å². The van der Waals surface area contributed by atoms with Gasteiger partial charge in [0.2, 0.25) is 0 Å². The van der Waals surface area contributed by atoms with Crippen molar-refractivity contribution in [3.8, 4) is 5.75 Å². The van der Waals surface area contributed by atoms with E-state index in [0.29, 0.717) is 17.9 Å². The van der Waals surface area contributed by atoms with Crippen LogP contribution in [0.15, 0.2) is 127 Å². The lowest BCUT2D eigenvalue weighted by Crippen LogP contribution is -2.23.